The molecular formula is C29H39N3O19P2. The Labute approximate surface area is 300 Å². The fraction of sp³-hybridized carbons (Fsp3) is 0.552. The van der Waals surface area contributed by atoms with Gasteiger partial charge in [0.05, 0.1) is 25.4 Å². The number of para-hydroxylation sites is 1. The molecule has 1 aromatic carbocycles. The van der Waals surface area contributed by atoms with Crippen molar-refractivity contribution < 1.29 is 79.9 Å². The van der Waals surface area contributed by atoms with Crippen molar-refractivity contribution in [2.45, 2.75) is 97.4 Å². The molecule has 0 amide bonds. The van der Waals surface area contributed by atoms with Gasteiger partial charge in [-0.25, -0.2) is 32.6 Å². The molecule has 3 aromatic rings. The topological polar surface area (TPSA) is 282 Å². The van der Waals surface area contributed by atoms with E-state index >= 15 is 0 Å². The van der Waals surface area contributed by atoms with E-state index in [1.54, 1.807) is 24.3 Å². The van der Waals surface area contributed by atoms with Crippen LogP contribution in [0.2, 0.25) is 0 Å². The summed E-state index contributed by atoms with van der Waals surface area (Å²) in [6, 6.07) is 7.74. The number of aromatic nitrogens is 3. The summed E-state index contributed by atoms with van der Waals surface area (Å²) < 4.78 is 77.6. The van der Waals surface area contributed by atoms with Crippen molar-refractivity contribution >= 4 is 38.9 Å². The first-order valence-electron chi connectivity index (χ1n) is 15.8. The molecule has 1 aliphatic rings. The van der Waals surface area contributed by atoms with E-state index in [1.807, 2.05) is 0 Å². The van der Waals surface area contributed by atoms with E-state index < -0.39 is 95.1 Å². The van der Waals surface area contributed by atoms with Crippen LogP contribution in [0.25, 0.3) is 11.0 Å². The van der Waals surface area contributed by atoms with E-state index in [4.69, 9.17) is 41.8 Å². The standard InChI is InChI=1S/C29H39N3O19P2/c1-15(2)43-28(37)45-17(5)49-53(41,50-18(6)46-29(38)44-16(3)4)51-52(39,40)42-14-22-24(34)25(35)26(47-22)31-12-11-23(33)32(27(31)36)13-20-19-9-7-8-10-21(19)48-30-20/h7-12,15-18,22,24-26,34-35H,13-14H2,1-6H3,(H,39,40)/t17?,18?,22-,24?,25+,26-,53?/m1/s1. The van der Waals surface area contributed by atoms with Gasteiger partial charge in [0.25, 0.3) is 5.56 Å². The molecule has 3 heterocycles. The van der Waals surface area contributed by atoms with Crippen molar-refractivity contribution in [3.63, 3.8) is 0 Å². The molecule has 0 saturated carbocycles. The third-order valence-corrected chi connectivity index (χ3v) is 10.0. The number of phosphoric ester groups is 2. The molecule has 0 radical (unpaired) electrons. The largest absolute Gasteiger partial charge is 0.510 e. The molecule has 24 heteroatoms. The maximum atomic E-state index is 13.5. The number of ether oxygens (including phenoxy) is 5. The lowest BCUT2D eigenvalue weighted by atomic mass is 10.1. The molecule has 3 N–H and O–H groups in total. The fourth-order valence-corrected chi connectivity index (χ4v) is 7.37. The minimum Gasteiger partial charge on any atom is -0.432 e. The van der Waals surface area contributed by atoms with Gasteiger partial charge in [0.2, 0.25) is 12.6 Å². The summed E-state index contributed by atoms with van der Waals surface area (Å²) in [4.78, 5) is 60.4. The highest BCUT2D eigenvalue weighted by Gasteiger charge is 2.47. The van der Waals surface area contributed by atoms with Crippen molar-refractivity contribution in [3.05, 3.63) is 63.1 Å². The number of rotatable bonds is 16. The predicted octanol–water partition coefficient (Wildman–Crippen LogP) is 2.91. The fourth-order valence-electron chi connectivity index (χ4n) is 4.67. The quantitative estimate of drug-likeness (QED) is 0.107. The van der Waals surface area contributed by atoms with Gasteiger partial charge in [-0.3, -0.25) is 18.5 Å². The van der Waals surface area contributed by atoms with Crippen molar-refractivity contribution in [3.8, 4) is 0 Å². The van der Waals surface area contributed by atoms with E-state index in [-0.39, 0.29) is 12.2 Å². The number of aliphatic hydroxyl groups excluding tert-OH is 2. The Hall–Kier alpha value is -3.95. The summed E-state index contributed by atoms with van der Waals surface area (Å²) in [6.07, 6.45) is -13.4. The Balaban J connectivity index is 1.47. The number of fused-ring (bicyclic) bond motifs is 1. The first-order valence-corrected chi connectivity index (χ1v) is 18.8. The lowest BCUT2D eigenvalue weighted by Gasteiger charge is -2.25. The van der Waals surface area contributed by atoms with E-state index in [2.05, 4.69) is 9.47 Å². The zero-order chi connectivity index (χ0) is 39.2. The first kappa shape index (κ1) is 41.8. The Kier molecular flexibility index (Phi) is 13.8. The normalized spacial score (nSPS) is 22.2. The van der Waals surface area contributed by atoms with Gasteiger partial charge in [-0.05, 0) is 53.7 Å². The average Bonchev–Trinajstić information content (AvgIpc) is 3.56. The second-order valence-electron chi connectivity index (χ2n) is 11.8. The summed E-state index contributed by atoms with van der Waals surface area (Å²) in [6.45, 7) is 6.69. The van der Waals surface area contributed by atoms with Gasteiger partial charge in [-0.1, -0.05) is 17.3 Å². The molecule has 22 nitrogen and oxygen atoms in total. The smallest absolute Gasteiger partial charge is 0.432 e. The van der Waals surface area contributed by atoms with Gasteiger partial charge in [0, 0.05) is 17.6 Å². The summed E-state index contributed by atoms with van der Waals surface area (Å²) in [5.74, 6) is 0. The van der Waals surface area contributed by atoms with Crippen LogP contribution in [-0.2, 0) is 57.2 Å². The van der Waals surface area contributed by atoms with E-state index in [0.29, 0.717) is 11.0 Å². The summed E-state index contributed by atoms with van der Waals surface area (Å²) in [5.41, 5.74) is -1.04. The third kappa shape index (κ3) is 11.3. The van der Waals surface area contributed by atoms with Gasteiger partial charge in [-0.2, -0.15) is 4.31 Å². The number of hydrogen-bond donors (Lipinski definition) is 3. The molecule has 1 aliphatic heterocycles. The molecule has 4 rings (SSSR count). The number of carbonyl (C=O) groups is 2. The minimum absolute atomic E-state index is 0.258. The molecule has 1 fully saturated rings. The van der Waals surface area contributed by atoms with Crippen LogP contribution in [0.5, 0.6) is 0 Å². The Morgan fingerprint density at radius 3 is 2.06 bits per heavy atom. The molecule has 2 aromatic heterocycles. The van der Waals surface area contributed by atoms with Gasteiger partial charge < -0.3 is 43.3 Å². The third-order valence-electron chi connectivity index (χ3n) is 6.82. The molecular weight excluding hydrogens is 756 g/mol. The Morgan fingerprint density at radius 2 is 1.47 bits per heavy atom. The highest BCUT2D eigenvalue weighted by molar-refractivity contribution is 7.61. The lowest BCUT2D eigenvalue weighted by molar-refractivity contribution is -0.101. The van der Waals surface area contributed by atoms with Crippen LogP contribution in [0.15, 0.2) is 50.6 Å². The van der Waals surface area contributed by atoms with E-state index in [0.717, 1.165) is 35.2 Å². The maximum Gasteiger partial charge on any atom is 0.510 e. The first-order chi connectivity index (χ1) is 24.8. The Morgan fingerprint density at radius 1 is 0.887 bits per heavy atom. The zero-order valence-electron chi connectivity index (χ0n) is 29.1. The van der Waals surface area contributed by atoms with Crippen molar-refractivity contribution in [1.29, 1.82) is 0 Å². The second-order valence-corrected chi connectivity index (χ2v) is 15.0. The van der Waals surface area contributed by atoms with Crippen LogP contribution >= 0.6 is 15.6 Å². The van der Waals surface area contributed by atoms with Gasteiger partial charge >= 0.3 is 33.6 Å². The van der Waals surface area contributed by atoms with Crippen LogP contribution in [-0.4, -0.2) is 91.4 Å². The van der Waals surface area contributed by atoms with E-state index in [9.17, 15) is 43.4 Å². The molecule has 294 valence electrons. The molecule has 0 bridgehead atoms. The number of carbonyl (C=O) groups excluding carboxylic acids is 2. The molecule has 0 spiro atoms. The van der Waals surface area contributed by atoms with Crippen LogP contribution < -0.4 is 11.2 Å². The van der Waals surface area contributed by atoms with Crippen molar-refractivity contribution in [1.82, 2.24) is 14.3 Å². The monoisotopic (exact) mass is 795 g/mol. The highest BCUT2D eigenvalue weighted by atomic mass is 31.3. The number of hydrogen-bond acceptors (Lipinski definition) is 19. The van der Waals surface area contributed by atoms with Crippen molar-refractivity contribution in [2.75, 3.05) is 6.61 Å². The predicted molar refractivity (Wildman–Crippen MR) is 175 cm³/mol. The molecule has 1 saturated heterocycles. The Bertz CT molecular complexity index is 1920. The van der Waals surface area contributed by atoms with Crippen LogP contribution in [0.1, 0.15) is 53.5 Å². The lowest BCUT2D eigenvalue weighted by Crippen LogP contribution is -2.43. The SMILES string of the molecule is CC(C)OC(=O)OC(C)OP(=O)(OC(C)OC(=O)OC(C)C)OP(=O)(O)OC[C@H]1O[C@@H](n2ccc(=O)n(Cc3noc4ccccc34)c2=O)[C@@H](O)C1O. The van der Waals surface area contributed by atoms with Gasteiger partial charge in [-0.15, -0.1) is 0 Å². The summed E-state index contributed by atoms with van der Waals surface area (Å²) in [5, 5.41) is 25.9. The highest BCUT2D eigenvalue weighted by Crippen LogP contribution is 2.64. The summed E-state index contributed by atoms with van der Waals surface area (Å²) in [7, 11) is -11.0. The number of benzene rings is 1. The van der Waals surface area contributed by atoms with Gasteiger partial charge in [0.15, 0.2) is 11.8 Å². The van der Waals surface area contributed by atoms with Crippen LogP contribution in [0, 0.1) is 0 Å². The molecule has 53 heavy (non-hydrogen) atoms. The average molecular weight is 796 g/mol. The minimum atomic E-state index is -5.57. The van der Waals surface area contributed by atoms with Crippen LogP contribution in [0.3, 0.4) is 0 Å². The molecule has 0 aliphatic carbocycles. The number of aliphatic hydroxyl groups is 2. The maximum absolute atomic E-state index is 13.5. The number of phosphoric acid groups is 2. The molecule has 4 unspecified atom stereocenters. The summed E-state index contributed by atoms with van der Waals surface area (Å²) >= 11 is 0. The van der Waals surface area contributed by atoms with Gasteiger partial charge in [0.1, 0.15) is 24.0 Å². The molecule has 7 atom stereocenters. The van der Waals surface area contributed by atoms with E-state index in [1.165, 1.54) is 27.7 Å². The van der Waals surface area contributed by atoms with Crippen molar-refractivity contribution in [2.24, 2.45) is 0 Å². The second kappa shape index (κ2) is 17.5. The zero-order valence-corrected chi connectivity index (χ0v) is 30.9. The number of nitrogens with zero attached hydrogens (tertiary/aromatic N) is 3. The van der Waals surface area contributed by atoms with Crippen LogP contribution in [0.4, 0.5) is 9.59 Å².